The van der Waals surface area contributed by atoms with Crippen molar-refractivity contribution in [3.8, 4) is 0 Å². The van der Waals surface area contributed by atoms with E-state index in [4.69, 9.17) is 9.47 Å². The number of hydrogen-bond donors (Lipinski definition) is 1. The van der Waals surface area contributed by atoms with Gasteiger partial charge in [0.25, 0.3) is 0 Å². The highest BCUT2D eigenvalue weighted by Crippen LogP contribution is 2.35. The van der Waals surface area contributed by atoms with E-state index in [9.17, 15) is 19.5 Å². The van der Waals surface area contributed by atoms with Crippen molar-refractivity contribution in [2.24, 2.45) is 17.8 Å². The Labute approximate surface area is 163 Å². The number of hydrogen-bond acceptors (Lipinski definition) is 5. The van der Waals surface area contributed by atoms with E-state index < -0.39 is 29.7 Å². The van der Waals surface area contributed by atoms with E-state index in [1.807, 2.05) is 0 Å². The molecule has 0 saturated heterocycles. The van der Waals surface area contributed by atoms with Crippen molar-refractivity contribution in [1.29, 1.82) is 0 Å². The van der Waals surface area contributed by atoms with Crippen molar-refractivity contribution in [2.45, 2.75) is 84.5 Å². The molecule has 1 rings (SSSR count). The van der Waals surface area contributed by atoms with E-state index in [1.165, 1.54) is 0 Å². The summed E-state index contributed by atoms with van der Waals surface area (Å²) in [5.74, 6) is -3.79. The van der Waals surface area contributed by atoms with Crippen molar-refractivity contribution in [2.75, 3.05) is 13.2 Å². The molecule has 0 aromatic rings. The number of carboxylic acid groups (broad SMARTS) is 1. The van der Waals surface area contributed by atoms with Gasteiger partial charge in [0.1, 0.15) is 0 Å². The lowest BCUT2D eigenvalue weighted by molar-refractivity contribution is -0.164. The van der Waals surface area contributed by atoms with Gasteiger partial charge in [0.05, 0.1) is 31.0 Å². The third-order valence-electron chi connectivity index (χ3n) is 5.29. The van der Waals surface area contributed by atoms with Gasteiger partial charge < -0.3 is 14.6 Å². The second-order valence-electron chi connectivity index (χ2n) is 7.52. The summed E-state index contributed by atoms with van der Waals surface area (Å²) in [5, 5.41) is 9.51. The van der Waals surface area contributed by atoms with Crippen LogP contribution in [0.15, 0.2) is 0 Å². The number of aliphatic carboxylic acids is 1. The Morgan fingerprint density at radius 1 is 0.778 bits per heavy atom. The Hall–Kier alpha value is -1.59. The first kappa shape index (κ1) is 23.4. The van der Waals surface area contributed by atoms with Gasteiger partial charge in [0, 0.05) is 0 Å². The molecule has 1 aliphatic carbocycles. The van der Waals surface area contributed by atoms with Gasteiger partial charge in [0.2, 0.25) is 0 Å². The topological polar surface area (TPSA) is 89.9 Å². The Morgan fingerprint density at radius 3 is 1.85 bits per heavy atom. The molecule has 0 spiro atoms. The van der Waals surface area contributed by atoms with Gasteiger partial charge in [-0.15, -0.1) is 0 Å². The number of carbonyl (C=O) groups is 3. The van der Waals surface area contributed by atoms with Crippen molar-refractivity contribution in [3.63, 3.8) is 0 Å². The maximum Gasteiger partial charge on any atom is 0.309 e. The molecular weight excluding hydrogens is 348 g/mol. The van der Waals surface area contributed by atoms with Crippen LogP contribution in [0.2, 0.25) is 0 Å². The largest absolute Gasteiger partial charge is 0.481 e. The van der Waals surface area contributed by atoms with Crippen LogP contribution in [0.3, 0.4) is 0 Å². The zero-order chi connectivity index (χ0) is 20.1. The monoisotopic (exact) mass is 384 g/mol. The fourth-order valence-corrected chi connectivity index (χ4v) is 3.57. The fraction of sp³-hybridized carbons (Fsp3) is 0.857. The predicted octanol–water partition coefficient (Wildman–Crippen LogP) is 4.35. The van der Waals surface area contributed by atoms with E-state index in [0.29, 0.717) is 26.1 Å². The van der Waals surface area contributed by atoms with Crippen LogP contribution in [0.1, 0.15) is 84.5 Å². The first-order valence-electron chi connectivity index (χ1n) is 10.6. The average Bonchev–Trinajstić information content (AvgIpc) is 2.66. The standard InChI is InChI=1S/C21H36O6/c1-3-5-7-9-13-26-20(24)16-11-12-17(18(15-16)19(22)23)21(25)27-14-10-8-6-4-2/h16-18H,3-15H2,1-2H3,(H,22,23). The predicted molar refractivity (Wildman–Crippen MR) is 102 cm³/mol. The molecule has 0 radical (unpaired) electrons. The molecular formula is C21H36O6. The molecule has 1 N–H and O–H groups in total. The Balaban J connectivity index is 2.44. The molecule has 6 heteroatoms. The van der Waals surface area contributed by atoms with Crippen LogP contribution in [0.4, 0.5) is 0 Å². The maximum atomic E-state index is 12.3. The number of unbranched alkanes of at least 4 members (excludes halogenated alkanes) is 6. The molecule has 0 amide bonds. The first-order chi connectivity index (χ1) is 13.0. The van der Waals surface area contributed by atoms with Gasteiger partial charge in [-0.3, -0.25) is 14.4 Å². The Bertz CT molecular complexity index is 462. The molecule has 1 fully saturated rings. The molecule has 0 bridgehead atoms. The lowest BCUT2D eigenvalue weighted by Gasteiger charge is -2.31. The highest BCUT2D eigenvalue weighted by Gasteiger charge is 2.42. The molecule has 3 unspecified atom stereocenters. The Morgan fingerprint density at radius 2 is 1.33 bits per heavy atom. The van der Waals surface area contributed by atoms with Crippen LogP contribution in [0.5, 0.6) is 0 Å². The molecule has 0 aromatic heterocycles. The zero-order valence-electron chi connectivity index (χ0n) is 16.9. The summed E-state index contributed by atoms with van der Waals surface area (Å²) < 4.78 is 10.6. The van der Waals surface area contributed by atoms with Gasteiger partial charge in [-0.25, -0.2) is 0 Å². The van der Waals surface area contributed by atoms with E-state index in [1.54, 1.807) is 0 Å². The molecule has 156 valence electrons. The summed E-state index contributed by atoms with van der Waals surface area (Å²) in [6.07, 6.45) is 9.10. The minimum atomic E-state index is -1.04. The summed E-state index contributed by atoms with van der Waals surface area (Å²) in [5.41, 5.74) is 0. The molecule has 0 aliphatic heterocycles. The highest BCUT2D eigenvalue weighted by molar-refractivity contribution is 5.83. The van der Waals surface area contributed by atoms with Crippen LogP contribution in [-0.4, -0.2) is 36.2 Å². The van der Waals surface area contributed by atoms with Crippen LogP contribution in [-0.2, 0) is 23.9 Å². The van der Waals surface area contributed by atoms with Gasteiger partial charge in [-0.2, -0.15) is 0 Å². The maximum absolute atomic E-state index is 12.3. The van der Waals surface area contributed by atoms with Gasteiger partial charge in [-0.1, -0.05) is 52.4 Å². The minimum Gasteiger partial charge on any atom is -0.481 e. The fourth-order valence-electron chi connectivity index (χ4n) is 3.57. The van der Waals surface area contributed by atoms with Crippen molar-refractivity contribution >= 4 is 17.9 Å². The number of carbonyl (C=O) groups excluding carboxylic acids is 2. The molecule has 3 atom stereocenters. The molecule has 1 aliphatic rings. The lowest BCUT2D eigenvalue weighted by Crippen LogP contribution is -2.39. The highest BCUT2D eigenvalue weighted by atomic mass is 16.5. The number of carboxylic acids is 1. The quantitative estimate of drug-likeness (QED) is 0.375. The van der Waals surface area contributed by atoms with Crippen molar-refractivity contribution in [1.82, 2.24) is 0 Å². The third kappa shape index (κ3) is 8.76. The first-order valence-corrected chi connectivity index (χ1v) is 10.6. The minimum absolute atomic E-state index is 0.152. The number of rotatable bonds is 13. The van der Waals surface area contributed by atoms with E-state index in [-0.39, 0.29) is 12.4 Å². The number of esters is 2. The molecule has 0 aromatic carbocycles. The summed E-state index contributed by atoms with van der Waals surface area (Å²) in [7, 11) is 0. The van der Waals surface area contributed by atoms with E-state index in [0.717, 1.165) is 51.4 Å². The SMILES string of the molecule is CCCCCCOC(=O)C1CCC(C(=O)OCCCCCC)C(C(=O)O)C1. The van der Waals surface area contributed by atoms with Crippen LogP contribution < -0.4 is 0 Å². The van der Waals surface area contributed by atoms with Crippen molar-refractivity contribution in [3.05, 3.63) is 0 Å². The number of ether oxygens (including phenoxy) is 2. The summed E-state index contributed by atoms with van der Waals surface area (Å²) in [4.78, 5) is 36.1. The van der Waals surface area contributed by atoms with E-state index in [2.05, 4.69) is 13.8 Å². The summed E-state index contributed by atoms with van der Waals surface area (Å²) in [6.45, 7) is 4.95. The summed E-state index contributed by atoms with van der Waals surface area (Å²) >= 11 is 0. The smallest absolute Gasteiger partial charge is 0.309 e. The van der Waals surface area contributed by atoms with Gasteiger partial charge in [0.15, 0.2) is 0 Å². The van der Waals surface area contributed by atoms with Gasteiger partial charge >= 0.3 is 17.9 Å². The molecule has 0 heterocycles. The lowest BCUT2D eigenvalue weighted by atomic mass is 9.74. The molecule has 6 nitrogen and oxygen atoms in total. The zero-order valence-corrected chi connectivity index (χ0v) is 16.9. The second kappa shape index (κ2) is 13.6. The normalized spacial score (nSPS) is 22.2. The molecule has 27 heavy (non-hydrogen) atoms. The Kier molecular flexibility index (Phi) is 11.8. The third-order valence-corrected chi connectivity index (χ3v) is 5.29. The van der Waals surface area contributed by atoms with Crippen LogP contribution in [0.25, 0.3) is 0 Å². The second-order valence-corrected chi connectivity index (χ2v) is 7.52. The molecule has 1 saturated carbocycles. The van der Waals surface area contributed by atoms with Crippen molar-refractivity contribution < 1.29 is 29.0 Å². The summed E-state index contributed by atoms with van der Waals surface area (Å²) in [6, 6.07) is 0. The van der Waals surface area contributed by atoms with Crippen LogP contribution >= 0.6 is 0 Å². The van der Waals surface area contributed by atoms with Crippen LogP contribution in [0, 0.1) is 17.8 Å². The van der Waals surface area contributed by atoms with E-state index >= 15 is 0 Å². The average molecular weight is 385 g/mol. The van der Waals surface area contributed by atoms with Gasteiger partial charge in [-0.05, 0) is 32.1 Å².